The van der Waals surface area contributed by atoms with E-state index in [4.69, 9.17) is 22.0 Å². The molecule has 1 aromatic carbocycles. The van der Waals surface area contributed by atoms with Crippen molar-refractivity contribution in [2.75, 3.05) is 13.7 Å². The number of nitrogens with two attached hydrogens (primary N) is 3. The van der Waals surface area contributed by atoms with E-state index < -0.39 is 30.3 Å². The number of imidazole rings is 1. The molecule has 32 heavy (non-hydrogen) atoms. The first kappa shape index (κ1) is 22.5. The number of fused-ring (bicyclic) bond motifs is 1. The third-order valence-corrected chi connectivity index (χ3v) is 5.67. The number of hydrazine groups is 1. The molecule has 0 amide bonds. The van der Waals surface area contributed by atoms with E-state index in [2.05, 4.69) is 10.1 Å². The SMILES string of the molecule is CN(N)/N=C(\N)c1nc2c(n1C(F)F)CN(C1CO[C@H](c3cc(F)ccc3F)C(N)C1)C2. The number of hydrogen-bond donors (Lipinski definition) is 3. The molecule has 13 heteroatoms. The van der Waals surface area contributed by atoms with Crippen LogP contribution >= 0.6 is 0 Å². The van der Waals surface area contributed by atoms with Crippen molar-refractivity contribution in [3.8, 4) is 0 Å². The Morgan fingerprint density at radius 3 is 2.72 bits per heavy atom. The largest absolute Gasteiger partial charge is 0.379 e. The van der Waals surface area contributed by atoms with Gasteiger partial charge in [0, 0.05) is 37.8 Å². The lowest BCUT2D eigenvalue weighted by molar-refractivity contribution is -0.0539. The topological polar surface area (TPSA) is 124 Å². The van der Waals surface area contributed by atoms with Gasteiger partial charge < -0.3 is 16.2 Å². The average molecular weight is 456 g/mol. The maximum absolute atomic E-state index is 14.1. The first-order valence-electron chi connectivity index (χ1n) is 9.92. The van der Waals surface area contributed by atoms with Gasteiger partial charge in [0.1, 0.15) is 17.7 Å². The van der Waals surface area contributed by atoms with Crippen LogP contribution in [0.4, 0.5) is 17.6 Å². The van der Waals surface area contributed by atoms with Crippen molar-refractivity contribution in [2.45, 2.75) is 44.2 Å². The second-order valence-corrected chi connectivity index (χ2v) is 7.91. The lowest BCUT2D eigenvalue weighted by Gasteiger charge is -2.38. The molecular weight excluding hydrogens is 432 g/mol. The highest BCUT2D eigenvalue weighted by atomic mass is 19.3. The third kappa shape index (κ3) is 4.16. The molecule has 0 aliphatic carbocycles. The number of rotatable bonds is 5. The van der Waals surface area contributed by atoms with Gasteiger partial charge in [-0.3, -0.25) is 9.47 Å². The van der Waals surface area contributed by atoms with E-state index in [0.717, 1.165) is 27.9 Å². The molecule has 3 heterocycles. The summed E-state index contributed by atoms with van der Waals surface area (Å²) in [5.41, 5.74) is 12.8. The van der Waals surface area contributed by atoms with E-state index >= 15 is 0 Å². The fourth-order valence-corrected chi connectivity index (χ4v) is 4.26. The van der Waals surface area contributed by atoms with E-state index in [1.807, 2.05) is 4.90 Å². The molecule has 0 bridgehead atoms. The van der Waals surface area contributed by atoms with Crippen LogP contribution < -0.4 is 17.3 Å². The Labute approximate surface area is 181 Å². The van der Waals surface area contributed by atoms with Gasteiger partial charge in [-0.15, -0.1) is 5.10 Å². The Morgan fingerprint density at radius 1 is 1.31 bits per heavy atom. The smallest absolute Gasteiger partial charge is 0.320 e. The molecule has 9 nitrogen and oxygen atoms in total. The Bertz CT molecular complexity index is 1030. The van der Waals surface area contributed by atoms with E-state index in [0.29, 0.717) is 17.8 Å². The summed E-state index contributed by atoms with van der Waals surface area (Å²) in [7, 11) is 1.41. The predicted octanol–water partition coefficient (Wildman–Crippen LogP) is 1.16. The molecule has 2 aliphatic heterocycles. The summed E-state index contributed by atoms with van der Waals surface area (Å²) in [6.45, 7) is -2.23. The zero-order valence-electron chi connectivity index (χ0n) is 17.3. The number of aromatic nitrogens is 2. The quantitative estimate of drug-likeness (QED) is 0.203. The maximum atomic E-state index is 14.1. The fourth-order valence-electron chi connectivity index (χ4n) is 4.26. The normalized spacial score (nSPS) is 24.2. The van der Waals surface area contributed by atoms with Gasteiger partial charge in [-0.05, 0) is 24.6 Å². The Morgan fingerprint density at radius 2 is 2.06 bits per heavy atom. The lowest BCUT2D eigenvalue weighted by atomic mass is 9.93. The number of nitrogens with zero attached hydrogens (tertiary/aromatic N) is 5. The number of amidine groups is 1. The van der Waals surface area contributed by atoms with Crippen LogP contribution in [0.25, 0.3) is 0 Å². The summed E-state index contributed by atoms with van der Waals surface area (Å²) in [5, 5.41) is 4.67. The van der Waals surface area contributed by atoms with Gasteiger partial charge >= 0.3 is 6.55 Å². The van der Waals surface area contributed by atoms with Crippen molar-refractivity contribution in [3.63, 3.8) is 0 Å². The summed E-state index contributed by atoms with van der Waals surface area (Å²) >= 11 is 0. The minimum absolute atomic E-state index is 0.0655. The zero-order chi connectivity index (χ0) is 23.2. The van der Waals surface area contributed by atoms with Crippen LogP contribution in [0.5, 0.6) is 0 Å². The van der Waals surface area contributed by atoms with Crippen molar-refractivity contribution < 1.29 is 22.3 Å². The summed E-state index contributed by atoms with van der Waals surface area (Å²) in [6.07, 6.45) is -0.385. The van der Waals surface area contributed by atoms with Gasteiger partial charge in [-0.25, -0.2) is 24.7 Å². The van der Waals surface area contributed by atoms with Gasteiger partial charge in [0.15, 0.2) is 11.7 Å². The average Bonchev–Trinajstić information content (AvgIpc) is 3.27. The molecule has 1 saturated heterocycles. The van der Waals surface area contributed by atoms with Crippen LogP contribution in [-0.2, 0) is 17.8 Å². The molecule has 2 aliphatic rings. The third-order valence-electron chi connectivity index (χ3n) is 5.67. The van der Waals surface area contributed by atoms with Gasteiger partial charge in [-0.1, -0.05) is 0 Å². The predicted molar refractivity (Wildman–Crippen MR) is 107 cm³/mol. The molecule has 6 N–H and O–H groups in total. The van der Waals surface area contributed by atoms with Gasteiger partial charge in [-0.2, -0.15) is 8.78 Å². The first-order chi connectivity index (χ1) is 15.2. The molecule has 174 valence electrons. The minimum Gasteiger partial charge on any atom is -0.379 e. The Kier molecular flexibility index (Phi) is 6.07. The van der Waals surface area contributed by atoms with Crippen LogP contribution in [0, 0.1) is 11.6 Å². The van der Waals surface area contributed by atoms with Crippen LogP contribution in [-0.4, -0.2) is 51.1 Å². The van der Waals surface area contributed by atoms with E-state index in [1.54, 1.807) is 0 Å². The monoisotopic (exact) mass is 456 g/mol. The van der Waals surface area contributed by atoms with Crippen LogP contribution in [0.1, 0.15) is 41.8 Å². The number of benzene rings is 1. The highest BCUT2D eigenvalue weighted by Gasteiger charge is 2.39. The minimum atomic E-state index is -2.87. The fraction of sp³-hybridized carbons (Fsp3) is 0.474. The highest BCUT2D eigenvalue weighted by molar-refractivity contribution is 5.94. The number of hydrazone groups is 1. The molecule has 2 aromatic rings. The maximum Gasteiger partial charge on any atom is 0.320 e. The second kappa shape index (κ2) is 8.65. The molecule has 1 fully saturated rings. The number of halogens is 4. The highest BCUT2D eigenvalue weighted by Crippen LogP contribution is 2.35. The summed E-state index contributed by atoms with van der Waals surface area (Å²) in [5.74, 6) is 3.87. The zero-order valence-corrected chi connectivity index (χ0v) is 17.3. The number of alkyl halides is 2. The van der Waals surface area contributed by atoms with E-state index in [1.165, 1.54) is 7.05 Å². The summed E-state index contributed by atoms with van der Waals surface area (Å²) < 4.78 is 61.8. The molecule has 0 radical (unpaired) electrons. The van der Waals surface area contributed by atoms with Crippen molar-refractivity contribution in [3.05, 3.63) is 52.6 Å². The number of ether oxygens (including phenoxy) is 1. The van der Waals surface area contributed by atoms with E-state index in [-0.39, 0.29) is 43.0 Å². The molecule has 2 unspecified atom stereocenters. The van der Waals surface area contributed by atoms with Crippen LogP contribution in [0.3, 0.4) is 0 Å². The Hall–Kier alpha value is -2.74. The standard InChI is InChI=1S/C19H24F4N8O/c1-29(26)28-17(25)18-27-14-6-30(7-15(14)31(18)19(22)23)10-5-13(24)16(32-8-10)11-4-9(20)2-3-12(11)21/h2-4,10,13,16,19H,5-8,24,26H2,1H3,(H2,25,28)/t10?,13?,16-/m1/s1. The molecule has 4 rings (SSSR count). The molecular formula is C19H24F4N8O. The van der Waals surface area contributed by atoms with Crippen molar-refractivity contribution in [2.24, 2.45) is 22.4 Å². The van der Waals surface area contributed by atoms with Crippen molar-refractivity contribution in [1.82, 2.24) is 19.6 Å². The molecule has 3 atom stereocenters. The lowest BCUT2D eigenvalue weighted by Crippen LogP contribution is -2.48. The van der Waals surface area contributed by atoms with Crippen LogP contribution in [0.15, 0.2) is 23.3 Å². The van der Waals surface area contributed by atoms with Gasteiger partial charge in [0.2, 0.25) is 0 Å². The van der Waals surface area contributed by atoms with Gasteiger partial charge in [0.05, 0.1) is 18.0 Å². The Balaban J connectivity index is 1.50. The van der Waals surface area contributed by atoms with Crippen LogP contribution in [0.2, 0.25) is 0 Å². The number of hydrogen-bond acceptors (Lipinski definition) is 7. The molecule has 0 saturated carbocycles. The molecule has 0 spiro atoms. The summed E-state index contributed by atoms with van der Waals surface area (Å²) in [4.78, 5) is 6.17. The van der Waals surface area contributed by atoms with Crippen molar-refractivity contribution >= 4 is 5.84 Å². The van der Waals surface area contributed by atoms with Gasteiger partial charge in [0.25, 0.3) is 0 Å². The summed E-state index contributed by atoms with van der Waals surface area (Å²) in [6, 6.07) is 2.33. The van der Waals surface area contributed by atoms with E-state index in [9.17, 15) is 17.6 Å². The first-order valence-corrected chi connectivity index (χ1v) is 9.92. The van der Waals surface area contributed by atoms with Crippen molar-refractivity contribution in [1.29, 1.82) is 0 Å². The molecule has 1 aromatic heterocycles. The second-order valence-electron chi connectivity index (χ2n) is 7.91.